The lowest BCUT2D eigenvalue weighted by Gasteiger charge is -2.04. The van der Waals surface area contributed by atoms with Gasteiger partial charge in [-0.25, -0.2) is 9.67 Å². The van der Waals surface area contributed by atoms with E-state index in [-0.39, 0.29) is 9.63 Å². The Labute approximate surface area is 122 Å². The second kappa shape index (κ2) is 4.53. The maximum Gasteiger partial charge on any atom is 0.283 e. The molecule has 1 saturated carbocycles. The van der Waals surface area contributed by atoms with Crippen LogP contribution in [0.25, 0.3) is 0 Å². The Morgan fingerprint density at radius 3 is 2.84 bits per heavy atom. The van der Waals surface area contributed by atoms with Gasteiger partial charge < -0.3 is 0 Å². The third kappa shape index (κ3) is 2.51. The van der Waals surface area contributed by atoms with Crippen molar-refractivity contribution in [1.82, 2.24) is 20.0 Å². The summed E-state index contributed by atoms with van der Waals surface area (Å²) in [5.41, 5.74) is 0.963. The standard InChI is InChI=1S/C9H10BrN5O2S2/c1-15-8(7(10)12-14-15)19(16,17)13-9-11-6(4-18-9)5-2-3-5/h4-5H,2-3H2,1H3,(H,11,13). The number of anilines is 1. The van der Waals surface area contributed by atoms with E-state index in [1.54, 1.807) is 0 Å². The summed E-state index contributed by atoms with van der Waals surface area (Å²) in [6.45, 7) is 0. The highest BCUT2D eigenvalue weighted by atomic mass is 79.9. The molecule has 2 aromatic heterocycles. The van der Waals surface area contributed by atoms with E-state index in [1.165, 1.54) is 23.1 Å². The van der Waals surface area contributed by atoms with Crippen molar-refractivity contribution in [3.63, 3.8) is 0 Å². The van der Waals surface area contributed by atoms with Crippen molar-refractivity contribution >= 4 is 42.4 Å². The van der Waals surface area contributed by atoms with Gasteiger partial charge in [-0.2, -0.15) is 8.42 Å². The zero-order chi connectivity index (χ0) is 13.6. The zero-order valence-corrected chi connectivity index (χ0v) is 13.1. The van der Waals surface area contributed by atoms with Crippen molar-refractivity contribution < 1.29 is 8.42 Å². The Morgan fingerprint density at radius 1 is 1.53 bits per heavy atom. The molecule has 0 saturated heterocycles. The largest absolute Gasteiger partial charge is 0.283 e. The number of hydrogen-bond donors (Lipinski definition) is 1. The van der Waals surface area contributed by atoms with Crippen LogP contribution in [0.5, 0.6) is 0 Å². The van der Waals surface area contributed by atoms with Crippen molar-refractivity contribution in [3.8, 4) is 0 Å². The van der Waals surface area contributed by atoms with E-state index in [0.29, 0.717) is 11.0 Å². The maximum atomic E-state index is 12.2. The van der Waals surface area contributed by atoms with Gasteiger partial charge in [0.05, 0.1) is 5.69 Å². The SMILES string of the molecule is Cn1nnc(Br)c1S(=O)(=O)Nc1nc(C2CC2)cs1. The minimum absolute atomic E-state index is 0.0179. The molecule has 0 radical (unpaired) electrons. The molecule has 102 valence electrons. The smallest absolute Gasteiger partial charge is 0.253 e. The van der Waals surface area contributed by atoms with Gasteiger partial charge in [0.25, 0.3) is 10.0 Å². The van der Waals surface area contributed by atoms with E-state index in [0.717, 1.165) is 18.5 Å². The van der Waals surface area contributed by atoms with Crippen molar-refractivity contribution in [2.24, 2.45) is 7.05 Å². The quantitative estimate of drug-likeness (QED) is 0.892. The highest BCUT2D eigenvalue weighted by Gasteiger charge is 2.28. The molecule has 1 fully saturated rings. The van der Waals surface area contributed by atoms with Crippen LogP contribution in [0.15, 0.2) is 15.0 Å². The van der Waals surface area contributed by atoms with Crippen LogP contribution >= 0.6 is 27.3 Å². The van der Waals surface area contributed by atoms with Gasteiger partial charge in [-0.1, -0.05) is 5.21 Å². The molecule has 3 rings (SSSR count). The average molecular weight is 364 g/mol. The van der Waals surface area contributed by atoms with Gasteiger partial charge >= 0.3 is 0 Å². The monoisotopic (exact) mass is 363 g/mol. The third-order valence-electron chi connectivity index (χ3n) is 2.73. The molecule has 1 aliphatic carbocycles. The van der Waals surface area contributed by atoms with E-state index in [1.807, 2.05) is 5.38 Å². The van der Waals surface area contributed by atoms with E-state index < -0.39 is 10.0 Å². The van der Waals surface area contributed by atoms with E-state index in [9.17, 15) is 8.42 Å². The lowest BCUT2D eigenvalue weighted by molar-refractivity contribution is 0.578. The Kier molecular flexibility index (Phi) is 3.10. The number of hydrogen-bond acceptors (Lipinski definition) is 6. The fourth-order valence-corrected chi connectivity index (χ4v) is 4.81. The molecule has 7 nitrogen and oxygen atoms in total. The highest BCUT2D eigenvalue weighted by molar-refractivity contribution is 9.10. The predicted octanol–water partition coefficient (Wildman–Crippen LogP) is 1.71. The summed E-state index contributed by atoms with van der Waals surface area (Å²) in [6.07, 6.45) is 2.26. The number of rotatable bonds is 4. The molecule has 0 bridgehead atoms. The summed E-state index contributed by atoms with van der Waals surface area (Å²) in [6, 6.07) is 0. The van der Waals surface area contributed by atoms with E-state index in [2.05, 4.69) is 35.9 Å². The van der Waals surface area contributed by atoms with Gasteiger partial charge in [0.15, 0.2) is 9.73 Å². The second-order valence-corrected chi connectivity index (χ2v) is 7.47. The third-order valence-corrected chi connectivity index (χ3v) is 5.86. The normalized spacial score (nSPS) is 15.7. The van der Waals surface area contributed by atoms with Crippen LogP contribution in [0, 0.1) is 0 Å². The minimum atomic E-state index is -3.73. The van der Waals surface area contributed by atoms with E-state index in [4.69, 9.17) is 0 Å². The highest BCUT2D eigenvalue weighted by Crippen LogP contribution is 2.41. The second-order valence-electron chi connectivity index (χ2n) is 4.27. The summed E-state index contributed by atoms with van der Waals surface area (Å²) >= 11 is 4.36. The Balaban J connectivity index is 1.88. The molecule has 1 aliphatic rings. The van der Waals surface area contributed by atoms with Gasteiger partial charge in [0.2, 0.25) is 5.03 Å². The molecule has 10 heteroatoms. The van der Waals surface area contributed by atoms with Crippen LogP contribution in [0.3, 0.4) is 0 Å². The number of aromatic nitrogens is 4. The molecule has 0 amide bonds. The average Bonchev–Trinajstić information content (AvgIpc) is 2.98. The van der Waals surface area contributed by atoms with Gasteiger partial charge in [-0.05, 0) is 28.8 Å². The van der Waals surface area contributed by atoms with E-state index >= 15 is 0 Å². The van der Waals surface area contributed by atoms with Gasteiger partial charge in [-0.3, -0.25) is 4.72 Å². The summed E-state index contributed by atoms with van der Waals surface area (Å²) in [5, 5.41) is 9.56. The maximum absolute atomic E-state index is 12.2. The topological polar surface area (TPSA) is 89.8 Å². The predicted molar refractivity (Wildman–Crippen MR) is 73.6 cm³/mol. The Hall–Kier alpha value is -1.00. The van der Waals surface area contributed by atoms with Crippen LogP contribution in [-0.4, -0.2) is 28.4 Å². The Morgan fingerprint density at radius 2 is 2.26 bits per heavy atom. The molecule has 2 heterocycles. The Bertz CT molecular complexity index is 699. The lowest BCUT2D eigenvalue weighted by Crippen LogP contribution is -2.17. The minimum Gasteiger partial charge on any atom is -0.253 e. The van der Waals surface area contributed by atoms with Crippen molar-refractivity contribution in [2.45, 2.75) is 23.8 Å². The van der Waals surface area contributed by atoms with Gasteiger partial charge in [0, 0.05) is 18.3 Å². The van der Waals surface area contributed by atoms with Gasteiger partial charge in [-0.15, -0.1) is 16.4 Å². The number of nitrogens with one attached hydrogen (secondary N) is 1. The first-order chi connectivity index (χ1) is 8.97. The molecule has 0 unspecified atom stereocenters. The zero-order valence-electron chi connectivity index (χ0n) is 9.87. The summed E-state index contributed by atoms with van der Waals surface area (Å²) < 4.78 is 28.3. The van der Waals surface area contributed by atoms with Crippen molar-refractivity contribution in [2.75, 3.05) is 4.72 Å². The molecule has 2 aromatic rings. The summed E-state index contributed by atoms with van der Waals surface area (Å²) in [5.74, 6) is 0.500. The van der Waals surface area contributed by atoms with Gasteiger partial charge in [0.1, 0.15) is 0 Å². The van der Waals surface area contributed by atoms with Crippen LogP contribution in [0.4, 0.5) is 5.13 Å². The molecule has 19 heavy (non-hydrogen) atoms. The first-order valence-corrected chi connectivity index (χ1v) is 8.66. The fourth-order valence-electron chi connectivity index (χ4n) is 1.67. The first kappa shape index (κ1) is 13.0. The summed E-state index contributed by atoms with van der Waals surface area (Å²) in [4.78, 5) is 4.29. The van der Waals surface area contributed by atoms with Crippen LogP contribution in [0.2, 0.25) is 0 Å². The number of thiazole rings is 1. The van der Waals surface area contributed by atoms with Crippen molar-refractivity contribution in [1.29, 1.82) is 0 Å². The number of nitrogens with zero attached hydrogens (tertiary/aromatic N) is 4. The van der Waals surface area contributed by atoms with Crippen LogP contribution in [-0.2, 0) is 17.1 Å². The molecule has 0 atom stereocenters. The fraction of sp³-hybridized carbons (Fsp3) is 0.444. The molecule has 1 N–H and O–H groups in total. The number of halogens is 1. The number of sulfonamides is 1. The number of aryl methyl sites for hydroxylation is 1. The molecule has 0 aromatic carbocycles. The lowest BCUT2D eigenvalue weighted by atomic mass is 10.3. The van der Waals surface area contributed by atoms with Crippen LogP contribution in [0.1, 0.15) is 24.5 Å². The first-order valence-electron chi connectivity index (χ1n) is 5.51. The van der Waals surface area contributed by atoms with Crippen molar-refractivity contribution in [3.05, 3.63) is 15.7 Å². The van der Waals surface area contributed by atoms with Crippen LogP contribution < -0.4 is 4.72 Å². The summed E-state index contributed by atoms with van der Waals surface area (Å²) in [7, 11) is -2.22. The molecule has 0 spiro atoms. The molecular formula is C9H10BrN5O2S2. The molecule has 0 aliphatic heterocycles. The molecular weight excluding hydrogens is 354 g/mol.